The fraction of sp³-hybridized carbons (Fsp3) is 0.391. The SMILES string of the molecule is CSc1cccc2sc(N(CCN3CCOCC3)C(=O)CSc3ccc(C)cc3)nc12. The smallest absolute Gasteiger partial charge is 0.239 e. The lowest BCUT2D eigenvalue weighted by Crippen LogP contribution is -2.43. The molecule has 1 saturated heterocycles. The van der Waals surface area contributed by atoms with Gasteiger partial charge in [-0.3, -0.25) is 14.6 Å². The average Bonchev–Trinajstić information content (AvgIpc) is 3.23. The maximum Gasteiger partial charge on any atom is 0.239 e. The number of hydrogen-bond acceptors (Lipinski definition) is 7. The summed E-state index contributed by atoms with van der Waals surface area (Å²) in [6, 6.07) is 14.6. The van der Waals surface area contributed by atoms with E-state index in [1.165, 1.54) is 5.56 Å². The number of nitrogens with zero attached hydrogens (tertiary/aromatic N) is 3. The zero-order valence-corrected chi connectivity index (χ0v) is 20.3. The summed E-state index contributed by atoms with van der Waals surface area (Å²) in [7, 11) is 0. The summed E-state index contributed by atoms with van der Waals surface area (Å²) >= 11 is 4.88. The Balaban J connectivity index is 1.52. The van der Waals surface area contributed by atoms with E-state index in [-0.39, 0.29) is 5.91 Å². The number of aromatic nitrogens is 1. The summed E-state index contributed by atoms with van der Waals surface area (Å²) in [5.74, 6) is 0.501. The van der Waals surface area contributed by atoms with Gasteiger partial charge in [0, 0.05) is 36.0 Å². The first-order valence-electron chi connectivity index (χ1n) is 10.4. The number of amides is 1. The van der Waals surface area contributed by atoms with Gasteiger partial charge in [0.05, 0.1) is 29.2 Å². The van der Waals surface area contributed by atoms with E-state index < -0.39 is 0 Å². The fourth-order valence-corrected chi connectivity index (χ4v) is 5.88. The normalized spacial score (nSPS) is 14.8. The van der Waals surface area contributed by atoms with Crippen LogP contribution in [0.5, 0.6) is 0 Å². The van der Waals surface area contributed by atoms with Gasteiger partial charge < -0.3 is 4.74 Å². The quantitative estimate of drug-likeness (QED) is 0.439. The maximum atomic E-state index is 13.3. The topological polar surface area (TPSA) is 45.7 Å². The minimum absolute atomic E-state index is 0.101. The van der Waals surface area contributed by atoms with Crippen molar-refractivity contribution in [3.8, 4) is 0 Å². The zero-order valence-electron chi connectivity index (χ0n) is 17.9. The molecule has 1 fully saturated rings. The molecule has 164 valence electrons. The van der Waals surface area contributed by atoms with Crippen LogP contribution in [0.4, 0.5) is 5.13 Å². The number of thioether (sulfide) groups is 2. The second-order valence-electron chi connectivity index (χ2n) is 7.40. The van der Waals surface area contributed by atoms with Gasteiger partial charge in [0.15, 0.2) is 5.13 Å². The molecule has 0 spiro atoms. The number of carbonyl (C=O) groups excluding carboxylic acids is 1. The first-order valence-corrected chi connectivity index (χ1v) is 13.4. The molecular weight excluding hydrogens is 446 g/mol. The minimum atomic E-state index is 0.101. The summed E-state index contributed by atoms with van der Waals surface area (Å²) in [6.07, 6.45) is 2.06. The van der Waals surface area contributed by atoms with Gasteiger partial charge >= 0.3 is 0 Å². The number of anilines is 1. The van der Waals surface area contributed by atoms with E-state index in [0.717, 1.165) is 58.0 Å². The maximum absolute atomic E-state index is 13.3. The van der Waals surface area contributed by atoms with Crippen LogP contribution in [0.1, 0.15) is 5.56 Å². The van der Waals surface area contributed by atoms with Crippen LogP contribution in [0.2, 0.25) is 0 Å². The second kappa shape index (κ2) is 10.8. The molecular formula is C23H27N3O2S3. The number of fused-ring (bicyclic) bond motifs is 1. The molecule has 0 atom stereocenters. The van der Waals surface area contributed by atoms with Crippen molar-refractivity contribution in [3.63, 3.8) is 0 Å². The number of ether oxygens (including phenoxy) is 1. The van der Waals surface area contributed by atoms with E-state index in [1.807, 2.05) is 4.90 Å². The molecule has 1 aliphatic heterocycles. The van der Waals surface area contributed by atoms with Gasteiger partial charge in [-0.25, -0.2) is 4.98 Å². The van der Waals surface area contributed by atoms with E-state index in [0.29, 0.717) is 12.3 Å². The predicted molar refractivity (Wildman–Crippen MR) is 133 cm³/mol. The monoisotopic (exact) mass is 473 g/mol. The van der Waals surface area contributed by atoms with Crippen LogP contribution in [0.15, 0.2) is 52.3 Å². The molecule has 5 nitrogen and oxygen atoms in total. The van der Waals surface area contributed by atoms with Crippen molar-refractivity contribution in [2.45, 2.75) is 16.7 Å². The lowest BCUT2D eigenvalue weighted by molar-refractivity contribution is -0.116. The average molecular weight is 474 g/mol. The van der Waals surface area contributed by atoms with Crippen LogP contribution in [0.25, 0.3) is 10.2 Å². The Morgan fingerprint density at radius 3 is 2.71 bits per heavy atom. The Hall–Kier alpha value is -1.58. The van der Waals surface area contributed by atoms with Crippen molar-refractivity contribution in [1.29, 1.82) is 0 Å². The third kappa shape index (κ3) is 5.81. The highest BCUT2D eigenvalue weighted by Crippen LogP contribution is 2.34. The summed E-state index contributed by atoms with van der Waals surface area (Å²) < 4.78 is 6.58. The van der Waals surface area contributed by atoms with E-state index >= 15 is 0 Å². The predicted octanol–water partition coefficient (Wildman–Crippen LogP) is 4.78. The second-order valence-corrected chi connectivity index (χ2v) is 10.3. The van der Waals surface area contributed by atoms with Gasteiger partial charge in [0.25, 0.3) is 0 Å². The Morgan fingerprint density at radius 2 is 1.97 bits per heavy atom. The number of rotatable bonds is 8. The van der Waals surface area contributed by atoms with Crippen LogP contribution < -0.4 is 4.90 Å². The molecule has 2 heterocycles. The Bertz CT molecular complexity index is 1020. The molecule has 0 N–H and O–H groups in total. The van der Waals surface area contributed by atoms with Crippen LogP contribution in [-0.2, 0) is 9.53 Å². The third-order valence-electron chi connectivity index (χ3n) is 5.25. The number of hydrogen-bond donors (Lipinski definition) is 0. The number of aryl methyl sites for hydroxylation is 1. The van der Waals surface area contributed by atoms with Crippen molar-refractivity contribution in [3.05, 3.63) is 48.0 Å². The van der Waals surface area contributed by atoms with Gasteiger partial charge in [-0.15, -0.1) is 23.5 Å². The largest absolute Gasteiger partial charge is 0.379 e. The molecule has 4 rings (SSSR count). The molecule has 0 unspecified atom stereocenters. The Morgan fingerprint density at radius 1 is 1.19 bits per heavy atom. The van der Waals surface area contributed by atoms with E-state index in [2.05, 4.69) is 60.5 Å². The fourth-order valence-electron chi connectivity index (χ4n) is 3.44. The molecule has 0 radical (unpaired) electrons. The summed E-state index contributed by atoms with van der Waals surface area (Å²) in [6.45, 7) is 6.89. The zero-order chi connectivity index (χ0) is 21.6. The van der Waals surface area contributed by atoms with Gasteiger partial charge in [-0.1, -0.05) is 35.1 Å². The van der Waals surface area contributed by atoms with Crippen molar-refractivity contribution in [1.82, 2.24) is 9.88 Å². The molecule has 1 aliphatic rings. The molecule has 0 aliphatic carbocycles. The van der Waals surface area contributed by atoms with Crippen LogP contribution >= 0.6 is 34.9 Å². The molecule has 2 aromatic carbocycles. The molecule has 1 aromatic heterocycles. The number of thiazole rings is 1. The number of morpholine rings is 1. The first-order chi connectivity index (χ1) is 15.1. The summed E-state index contributed by atoms with van der Waals surface area (Å²) in [5.41, 5.74) is 2.22. The molecule has 8 heteroatoms. The number of para-hydroxylation sites is 1. The van der Waals surface area contributed by atoms with Crippen molar-refractivity contribution in [2.75, 3.05) is 56.3 Å². The summed E-state index contributed by atoms with van der Waals surface area (Å²) in [5, 5.41) is 0.791. The Kier molecular flexibility index (Phi) is 7.90. The molecule has 31 heavy (non-hydrogen) atoms. The van der Waals surface area contributed by atoms with Crippen molar-refractivity contribution >= 4 is 56.1 Å². The molecule has 3 aromatic rings. The number of carbonyl (C=O) groups is 1. The highest BCUT2D eigenvalue weighted by Gasteiger charge is 2.22. The standard InChI is InChI=1S/C23H27N3O2S3/c1-17-6-8-18(9-7-17)30-16-21(27)26(11-10-25-12-14-28-15-13-25)23-24-22-19(29-2)4-3-5-20(22)31-23/h3-9H,10-16H2,1-2H3. The highest BCUT2D eigenvalue weighted by molar-refractivity contribution is 8.00. The van der Waals surface area contributed by atoms with Gasteiger partial charge in [-0.05, 0) is 37.4 Å². The minimum Gasteiger partial charge on any atom is -0.379 e. The lowest BCUT2D eigenvalue weighted by atomic mass is 10.2. The third-order valence-corrected chi connectivity index (χ3v) is 8.06. The van der Waals surface area contributed by atoms with Crippen molar-refractivity contribution < 1.29 is 9.53 Å². The van der Waals surface area contributed by atoms with Crippen molar-refractivity contribution in [2.24, 2.45) is 0 Å². The first kappa shape index (κ1) is 22.6. The van der Waals surface area contributed by atoms with Crippen LogP contribution in [-0.4, -0.2) is 67.2 Å². The molecule has 0 saturated carbocycles. The van der Waals surface area contributed by atoms with Crippen LogP contribution in [0, 0.1) is 6.92 Å². The van der Waals surface area contributed by atoms with Crippen LogP contribution in [0.3, 0.4) is 0 Å². The summed E-state index contributed by atoms with van der Waals surface area (Å²) in [4.78, 5) is 24.7. The van der Waals surface area contributed by atoms with Gasteiger partial charge in [0.1, 0.15) is 0 Å². The van der Waals surface area contributed by atoms with Gasteiger partial charge in [0.2, 0.25) is 5.91 Å². The van der Waals surface area contributed by atoms with E-state index in [4.69, 9.17) is 9.72 Å². The molecule has 1 amide bonds. The molecule has 0 bridgehead atoms. The Labute approximate surface area is 196 Å². The van der Waals surface area contributed by atoms with Gasteiger partial charge in [-0.2, -0.15) is 0 Å². The lowest BCUT2D eigenvalue weighted by Gasteiger charge is -2.29. The highest BCUT2D eigenvalue weighted by atomic mass is 32.2. The number of benzene rings is 2. The van der Waals surface area contributed by atoms with E-state index in [1.54, 1.807) is 34.9 Å². The van der Waals surface area contributed by atoms with E-state index in [9.17, 15) is 4.79 Å².